The molecule has 1 aliphatic heterocycles. The van der Waals surface area contributed by atoms with E-state index in [1.54, 1.807) is 32.3 Å². The Balaban J connectivity index is 0.00000242. The third-order valence-electron chi connectivity index (χ3n) is 4.06. The number of halogens is 1. The van der Waals surface area contributed by atoms with Crippen molar-refractivity contribution in [3.05, 3.63) is 29.8 Å². The van der Waals surface area contributed by atoms with Crippen LogP contribution in [-0.2, 0) is 4.79 Å². The van der Waals surface area contributed by atoms with E-state index in [-0.39, 0.29) is 24.2 Å². The van der Waals surface area contributed by atoms with E-state index in [0.29, 0.717) is 11.3 Å². The summed E-state index contributed by atoms with van der Waals surface area (Å²) in [5.41, 5.74) is 0.763. The number of amides is 2. The van der Waals surface area contributed by atoms with Crippen molar-refractivity contribution in [1.82, 2.24) is 10.2 Å². The lowest BCUT2D eigenvalue weighted by Crippen LogP contribution is -2.50. The van der Waals surface area contributed by atoms with Crippen LogP contribution in [0.5, 0.6) is 0 Å². The zero-order chi connectivity index (χ0) is 15.5. The van der Waals surface area contributed by atoms with Gasteiger partial charge in [-0.1, -0.05) is 13.0 Å². The highest BCUT2D eigenvalue weighted by Crippen LogP contribution is 2.25. The van der Waals surface area contributed by atoms with Crippen LogP contribution in [0.3, 0.4) is 0 Å². The molecule has 1 aromatic rings. The van der Waals surface area contributed by atoms with Crippen LogP contribution in [0.2, 0.25) is 0 Å². The largest absolute Gasteiger partial charge is 0.345 e. The van der Waals surface area contributed by atoms with Crippen molar-refractivity contribution in [3.63, 3.8) is 0 Å². The summed E-state index contributed by atoms with van der Waals surface area (Å²) in [5.74, 6) is -0.0905. The highest BCUT2D eigenvalue weighted by Gasteiger charge is 2.39. The lowest BCUT2D eigenvalue weighted by molar-refractivity contribution is -0.122. The fourth-order valence-corrected chi connectivity index (χ4v) is 2.70. The lowest BCUT2D eigenvalue weighted by Gasteiger charge is -2.26. The third-order valence-corrected chi connectivity index (χ3v) is 4.06. The van der Waals surface area contributed by atoms with Gasteiger partial charge in [0.25, 0.3) is 5.91 Å². The molecule has 5 nitrogen and oxygen atoms in total. The number of nitrogens with one attached hydrogen (secondary N) is 2. The second-order valence-electron chi connectivity index (χ2n) is 5.70. The van der Waals surface area contributed by atoms with Crippen LogP contribution in [0.4, 0.5) is 5.69 Å². The predicted octanol–water partition coefficient (Wildman–Crippen LogP) is 2.28. The van der Waals surface area contributed by atoms with Gasteiger partial charge in [0.15, 0.2) is 0 Å². The lowest BCUT2D eigenvalue weighted by atomic mass is 9.93. The minimum absolute atomic E-state index is 0. The summed E-state index contributed by atoms with van der Waals surface area (Å²) >= 11 is 0. The van der Waals surface area contributed by atoms with Gasteiger partial charge in [0.05, 0.1) is 5.54 Å². The summed E-state index contributed by atoms with van der Waals surface area (Å²) in [5, 5.41) is 6.25. The molecule has 122 valence electrons. The van der Waals surface area contributed by atoms with E-state index in [2.05, 4.69) is 10.6 Å². The van der Waals surface area contributed by atoms with Crippen LogP contribution in [0.15, 0.2) is 24.3 Å². The maximum atomic E-state index is 12.5. The highest BCUT2D eigenvalue weighted by atomic mass is 35.5. The van der Waals surface area contributed by atoms with Gasteiger partial charge in [-0.3, -0.25) is 9.59 Å². The first kappa shape index (κ1) is 18.5. The number of nitrogens with zero attached hydrogens (tertiary/aromatic N) is 1. The minimum Gasteiger partial charge on any atom is -0.345 e. The molecule has 1 fully saturated rings. The molecule has 0 aromatic heterocycles. The van der Waals surface area contributed by atoms with Gasteiger partial charge in [0, 0.05) is 25.3 Å². The predicted molar refractivity (Wildman–Crippen MR) is 90.6 cm³/mol. The van der Waals surface area contributed by atoms with Gasteiger partial charge < -0.3 is 15.5 Å². The number of rotatable bonds is 4. The summed E-state index contributed by atoms with van der Waals surface area (Å²) < 4.78 is 0. The van der Waals surface area contributed by atoms with Gasteiger partial charge in [-0.25, -0.2) is 0 Å². The molecule has 1 aliphatic rings. The topological polar surface area (TPSA) is 61.4 Å². The average Bonchev–Trinajstić information content (AvgIpc) is 2.96. The highest BCUT2D eigenvalue weighted by molar-refractivity contribution is 6.00. The van der Waals surface area contributed by atoms with Crippen LogP contribution in [0.25, 0.3) is 0 Å². The van der Waals surface area contributed by atoms with E-state index in [0.717, 1.165) is 25.8 Å². The Morgan fingerprint density at radius 2 is 2.09 bits per heavy atom. The number of carbonyl (C=O) groups is 2. The van der Waals surface area contributed by atoms with Crippen molar-refractivity contribution in [3.8, 4) is 0 Å². The molecule has 22 heavy (non-hydrogen) atoms. The molecule has 2 amide bonds. The Kier molecular flexibility index (Phi) is 6.38. The molecule has 2 N–H and O–H groups in total. The molecule has 1 saturated heterocycles. The smallest absolute Gasteiger partial charge is 0.253 e. The maximum Gasteiger partial charge on any atom is 0.253 e. The van der Waals surface area contributed by atoms with Crippen molar-refractivity contribution in [2.24, 2.45) is 0 Å². The van der Waals surface area contributed by atoms with Gasteiger partial charge in [0.1, 0.15) is 0 Å². The van der Waals surface area contributed by atoms with E-state index in [1.807, 2.05) is 13.0 Å². The van der Waals surface area contributed by atoms with E-state index in [9.17, 15) is 9.59 Å². The van der Waals surface area contributed by atoms with Crippen molar-refractivity contribution in [2.75, 3.05) is 26.0 Å². The number of hydrogen-bond acceptors (Lipinski definition) is 3. The van der Waals surface area contributed by atoms with Gasteiger partial charge in [-0.2, -0.15) is 0 Å². The van der Waals surface area contributed by atoms with Gasteiger partial charge >= 0.3 is 0 Å². The molecule has 1 unspecified atom stereocenters. The second kappa shape index (κ2) is 7.61. The first-order valence-corrected chi connectivity index (χ1v) is 7.37. The van der Waals surface area contributed by atoms with Crippen LogP contribution < -0.4 is 10.6 Å². The Bertz CT molecular complexity index is 540. The fraction of sp³-hybridized carbons (Fsp3) is 0.500. The molecule has 1 aromatic carbocycles. The number of anilines is 1. The van der Waals surface area contributed by atoms with Crippen molar-refractivity contribution >= 4 is 29.9 Å². The molecule has 0 radical (unpaired) electrons. The molecule has 1 atom stereocenters. The van der Waals surface area contributed by atoms with E-state index >= 15 is 0 Å². The molecule has 1 heterocycles. The third kappa shape index (κ3) is 3.78. The zero-order valence-corrected chi connectivity index (χ0v) is 14.1. The number of carbonyl (C=O) groups excluding carboxylic acids is 2. The van der Waals surface area contributed by atoms with E-state index in [4.69, 9.17) is 0 Å². The number of hydrogen-bond donors (Lipinski definition) is 2. The zero-order valence-electron chi connectivity index (χ0n) is 13.3. The van der Waals surface area contributed by atoms with Crippen molar-refractivity contribution < 1.29 is 9.59 Å². The summed E-state index contributed by atoms with van der Waals surface area (Å²) in [6.45, 7) is 2.89. The molecule has 0 spiro atoms. The monoisotopic (exact) mass is 325 g/mol. The van der Waals surface area contributed by atoms with Crippen LogP contribution in [0, 0.1) is 0 Å². The Morgan fingerprint density at radius 3 is 2.64 bits per heavy atom. The van der Waals surface area contributed by atoms with E-state index in [1.165, 1.54) is 4.90 Å². The van der Waals surface area contributed by atoms with Crippen molar-refractivity contribution in [2.45, 2.75) is 31.7 Å². The van der Waals surface area contributed by atoms with Gasteiger partial charge in [-0.15, -0.1) is 12.4 Å². The first-order chi connectivity index (χ1) is 9.98. The summed E-state index contributed by atoms with van der Waals surface area (Å²) in [6, 6.07) is 7.07. The molecule has 0 bridgehead atoms. The summed E-state index contributed by atoms with van der Waals surface area (Å²) in [4.78, 5) is 26.0. The van der Waals surface area contributed by atoms with Crippen LogP contribution in [0.1, 0.15) is 36.5 Å². The first-order valence-electron chi connectivity index (χ1n) is 7.37. The molecular formula is C16H24ClN3O2. The Hall–Kier alpha value is -1.59. The normalized spacial score (nSPS) is 20.1. The standard InChI is InChI=1S/C16H23N3O2.ClH/c1-4-16(9-6-10-17-16)15(21)18-13-8-5-7-12(11-13)14(20)19(2)3;/h5,7-8,11,17H,4,6,9-10H2,1-3H3,(H,18,21);1H. The SMILES string of the molecule is CCC1(C(=O)Nc2cccc(C(=O)N(C)C)c2)CCCN1.Cl. The van der Waals surface area contributed by atoms with Crippen molar-refractivity contribution in [1.29, 1.82) is 0 Å². The van der Waals surface area contributed by atoms with Crippen LogP contribution in [-0.4, -0.2) is 42.9 Å². The molecule has 0 saturated carbocycles. The quantitative estimate of drug-likeness (QED) is 0.892. The van der Waals surface area contributed by atoms with E-state index < -0.39 is 5.54 Å². The summed E-state index contributed by atoms with van der Waals surface area (Å²) in [6.07, 6.45) is 2.63. The molecule has 2 rings (SSSR count). The minimum atomic E-state index is -0.471. The van der Waals surface area contributed by atoms with Gasteiger partial charge in [0.2, 0.25) is 5.91 Å². The molecule has 6 heteroatoms. The fourth-order valence-electron chi connectivity index (χ4n) is 2.70. The summed E-state index contributed by atoms with van der Waals surface area (Å²) in [7, 11) is 3.42. The average molecular weight is 326 g/mol. The van der Waals surface area contributed by atoms with Gasteiger partial charge in [-0.05, 0) is 44.0 Å². The maximum absolute atomic E-state index is 12.5. The second-order valence-corrected chi connectivity index (χ2v) is 5.70. The Labute approximate surface area is 137 Å². The number of benzene rings is 1. The molecular weight excluding hydrogens is 302 g/mol. The Morgan fingerprint density at radius 1 is 1.36 bits per heavy atom. The van der Waals surface area contributed by atoms with Crippen LogP contribution >= 0.6 is 12.4 Å². The molecule has 0 aliphatic carbocycles.